The van der Waals surface area contributed by atoms with Crippen molar-refractivity contribution >= 4 is 46.0 Å². The molecule has 5 aliphatic heterocycles. The third-order valence-corrected chi connectivity index (χ3v) is 12.3. The van der Waals surface area contributed by atoms with Crippen molar-refractivity contribution in [1.82, 2.24) is 25.2 Å². The normalized spacial score (nSPS) is 22.7. The average molecular weight is 968 g/mol. The van der Waals surface area contributed by atoms with Crippen LogP contribution in [-0.4, -0.2) is 107 Å². The van der Waals surface area contributed by atoms with E-state index in [-0.39, 0.29) is 120 Å². The number of rotatable bonds is 8. The number of esters is 1. The van der Waals surface area contributed by atoms with Gasteiger partial charge in [-0.3, -0.25) is 21.1 Å². The molecule has 3 aromatic carbocycles. The van der Waals surface area contributed by atoms with Crippen molar-refractivity contribution in [2.75, 3.05) is 44.3 Å². The molecule has 3 fully saturated rings. The van der Waals surface area contributed by atoms with E-state index < -0.39 is 47.1 Å². The molecule has 67 heavy (non-hydrogen) atoms. The number of piperidine rings is 1. The van der Waals surface area contributed by atoms with Gasteiger partial charge in [0.05, 0.1) is 35.2 Å². The zero-order chi connectivity index (χ0) is 46.8. The maximum Gasteiger partial charge on any atom is 2.00 e. The summed E-state index contributed by atoms with van der Waals surface area (Å²) in [6, 6.07) is 15.0. The van der Waals surface area contributed by atoms with Gasteiger partial charge in [0.1, 0.15) is 47.5 Å². The number of carbonyl (C=O) groups excluding carboxylic acids is 3. The number of amides is 1. The van der Waals surface area contributed by atoms with Crippen molar-refractivity contribution < 1.29 is 68.0 Å². The quantitative estimate of drug-likeness (QED) is 0.0526. The summed E-state index contributed by atoms with van der Waals surface area (Å²) in [6.45, 7) is 9.35. The number of aryl methyl sites for hydroxylation is 1. The van der Waals surface area contributed by atoms with Gasteiger partial charge in [-0.2, -0.15) is 9.97 Å². The van der Waals surface area contributed by atoms with Gasteiger partial charge in [0, 0.05) is 37.7 Å². The molecule has 13 nitrogen and oxygen atoms in total. The maximum absolute atomic E-state index is 17.5. The van der Waals surface area contributed by atoms with Crippen LogP contribution in [0.25, 0.3) is 32.9 Å². The Kier molecular flexibility index (Phi) is 14.9. The Balaban J connectivity index is 0.000000773. The van der Waals surface area contributed by atoms with E-state index in [1.165, 1.54) is 37.3 Å². The Hall–Kier alpha value is -5.71. The van der Waals surface area contributed by atoms with Gasteiger partial charge >= 0.3 is 29.2 Å². The number of benzene rings is 3. The van der Waals surface area contributed by atoms with Crippen LogP contribution >= 0.6 is 0 Å². The first-order valence-electron chi connectivity index (χ1n) is 22.1. The number of anilines is 1. The molecular weight excluding hydrogens is 916 g/mol. The molecule has 0 saturated carbocycles. The van der Waals surface area contributed by atoms with Gasteiger partial charge in [-0.1, -0.05) is 48.4 Å². The minimum atomic E-state index is -1.42. The van der Waals surface area contributed by atoms with Crippen LogP contribution in [0.2, 0.25) is 0 Å². The molecule has 5 aliphatic rings. The van der Waals surface area contributed by atoms with E-state index in [1.54, 1.807) is 38.7 Å². The first kappa shape index (κ1) is 49.2. The summed E-state index contributed by atoms with van der Waals surface area (Å²) in [5, 5.41) is 3.71. The molecule has 0 unspecified atom stereocenters. The van der Waals surface area contributed by atoms with Gasteiger partial charge in [-0.15, -0.1) is 6.42 Å². The third kappa shape index (κ3) is 11.2. The zero-order valence-electron chi connectivity index (χ0n) is 37.7. The number of hydrogen-bond acceptors (Lipinski definition) is 12. The summed E-state index contributed by atoms with van der Waals surface area (Å²) in [7, 11) is 0. The van der Waals surface area contributed by atoms with Crippen LogP contribution in [0.3, 0.4) is 0 Å². The molecule has 0 spiro atoms. The molecule has 7 heterocycles. The van der Waals surface area contributed by atoms with Crippen molar-refractivity contribution in [3.8, 4) is 23.0 Å². The van der Waals surface area contributed by atoms with Crippen molar-refractivity contribution in [1.29, 1.82) is 0 Å². The third-order valence-electron chi connectivity index (χ3n) is 12.3. The molecule has 6 bridgehead atoms. The Bertz CT molecular complexity index is 2630. The van der Waals surface area contributed by atoms with Gasteiger partial charge in [0.15, 0.2) is 11.8 Å². The second-order valence-electron chi connectivity index (χ2n) is 18.7. The second kappa shape index (κ2) is 20.3. The predicted octanol–water partition coefficient (Wildman–Crippen LogP) is 8.28. The Labute approximate surface area is 396 Å². The van der Waals surface area contributed by atoms with E-state index in [1.807, 2.05) is 30.3 Å². The van der Waals surface area contributed by atoms with Crippen LogP contribution in [0.4, 0.5) is 28.2 Å². The van der Waals surface area contributed by atoms with Crippen molar-refractivity contribution in [3.05, 3.63) is 90.0 Å². The number of pyridine rings is 1. The van der Waals surface area contributed by atoms with Crippen LogP contribution in [0.1, 0.15) is 70.9 Å². The molecule has 1 amide bonds. The number of nitrogens with one attached hydrogen (secondary N) is 1. The maximum atomic E-state index is 17.5. The minimum Gasteiger partial charge on any atom is -0.649 e. The summed E-state index contributed by atoms with van der Waals surface area (Å²) in [5.41, 5.74) is -1.24. The van der Waals surface area contributed by atoms with E-state index >= 15 is 13.2 Å². The summed E-state index contributed by atoms with van der Waals surface area (Å²) in [4.78, 5) is 53.3. The minimum absolute atomic E-state index is 0. The molecular formula is C49H52F4MnN6O7. The van der Waals surface area contributed by atoms with Crippen LogP contribution in [0.5, 0.6) is 11.8 Å². The van der Waals surface area contributed by atoms with Crippen LogP contribution < -0.4 is 19.7 Å². The number of alkyl carbamates (subject to hydrolysis) is 1. The number of hydrogen-bond donors (Lipinski definition) is 1. The van der Waals surface area contributed by atoms with E-state index in [2.05, 4.69) is 24.9 Å². The van der Waals surface area contributed by atoms with Crippen molar-refractivity contribution in [2.24, 2.45) is 0 Å². The molecule has 5 aromatic rings. The summed E-state index contributed by atoms with van der Waals surface area (Å²) in [5.74, 6) is -1.91. The number of ether oxygens (including phenoxy) is 4. The number of aromatic nitrogens is 3. The van der Waals surface area contributed by atoms with Crippen LogP contribution in [0.15, 0.2) is 60.8 Å². The Morgan fingerprint density at radius 2 is 1.82 bits per heavy atom. The van der Waals surface area contributed by atoms with E-state index in [9.17, 15) is 18.8 Å². The number of fused-ring (bicyclic) bond motifs is 7. The fourth-order valence-corrected chi connectivity index (χ4v) is 9.53. The zero-order valence-corrected chi connectivity index (χ0v) is 38.9. The SMILES string of the molecule is CC(C)(C)O[C-]=O.C[C@@]12C[C@@H](F)CN(C1)c1nc(OC[C@@]34CCCN3C[C@H](F)C4)nc3c(F)c(ncc13)-c1cc(OC(=O)[CH-]Cc3ccccc3)cc3ccc(F)c(c13)CCCOC(=O)N2.[Mn+2]. The van der Waals surface area contributed by atoms with Gasteiger partial charge in [0.25, 0.3) is 0 Å². The summed E-state index contributed by atoms with van der Waals surface area (Å²) < 4.78 is 85.8. The molecule has 355 valence electrons. The molecule has 0 aliphatic carbocycles. The summed E-state index contributed by atoms with van der Waals surface area (Å²) >= 11 is 0. The molecule has 3 saturated heterocycles. The molecule has 1 radical (unpaired) electrons. The largest absolute Gasteiger partial charge is 2.00 e. The monoisotopic (exact) mass is 967 g/mol. The number of alkyl halides is 2. The Morgan fingerprint density at radius 1 is 1.04 bits per heavy atom. The van der Waals surface area contributed by atoms with E-state index in [4.69, 9.17) is 19.2 Å². The average Bonchev–Trinajstić information content (AvgIpc) is 3.79. The second-order valence-corrected chi connectivity index (χ2v) is 18.7. The molecule has 2 aromatic heterocycles. The first-order chi connectivity index (χ1) is 31.5. The predicted molar refractivity (Wildman–Crippen MR) is 238 cm³/mol. The first-order valence-corrected chi connectivity index (χ1v) is 22.1. The molecule has 4 atom stereocenters. The van der Waals surface area contributed by atoms with Crippen molar-refractivity contribution in [2.45, 2.75) is 102 Å². The topological polar surface area (TPSA) is 145 Å². The fourth-order valence-electron chi connectivity index (χ4n) is 9.53. The van der Waals surface area contributed by atoms with Gasteiger partial charge in [-0.25, -0.2) is 22.4 Å². The number of nitrogens with zero attached hydrogens (tertiary/aromatic N) is 5. The molecule has 1 N–H and O–H groups in total. The van der Waals surface area contributed by atoms with Gasteiger partial charge in [0.2, 0.25) is 0 Å². The van der Waals surface area contributed by atoms with Gasteiger partial charge < -0.3 is 34.0 Å². The Morgan fingerprint density at radius 3 is 2.57 bits per heavy atom. The number of carbonyl (C=O) groups is 2. The van der Waals surface area contributed by atoms with Crippen LogP contribution in [-0.2, 0) is 49.0 Å². The molecule has 18 heteroatoms. The molecule has 10 rings (SSSR count). The smallest absolute Gasteiger partial charge is 0.649 e. The van der Waals surface area contributed by atoms with Crippen LogP contribution in [0, 0.1) is 18.1 Å². The standard InChI is InChI=1S/C44H43F4N6O5.C5H9O2.Mn/c1-43-19-28(45)22-53(24-43)40-33-21-49-38(37(48)39(33)50-41(51-40)58-25-44-14-6-15-54(44)23-29(46)20-44)32-18-30(59-35(55)13-10-26-7-3-2-4-8-26)17-27-11-12-34(47)31(36(27)32)9-5-16-57-42(56)52-43;1-5(2,3)7-4-6;/h2-4,7-8,11-13,17-18,21,28-29H,5-6,9-10,14-16,19-20,22-25H2,1H3,(H,52,56);1-3H3;/q2*-1;+2/t28-,29-,43-,44+;;/m1../s1. The van der Waals surface area contributed by atoms with E-state index in [0.717, 1.165) is 18.5 Å². The van der Waals surface area contributed by atoms with Crippen molar-refractivity contribution in [3.63, 3.8) is 0 Å². The van der Waals surface area contributed by atoms with Gasteiger partial charge in [-0.05, 0) is 94.5 Å². The fraction of sp³-hybridized carbons (Fsp3) is 0.449. The summed E-state index contributed by atoms with van der Waals surface area (Å²) in [6.07, 6.45) is 2.02. The van der Waals surface area contributed by atoms with E-state index in [0.29, 0.717) is 30.2 Å². The number of halogens is 4.